The highest BCUT2D eigenvalue weighted by Crippen LogP contribution is 2.55. The standard InChI is InChI=1S/C32H30ClN5.C30H28ClN5.C28H26ClN5.C23H26ClN5/c1-19-20-7-11-23(12-8-20)27(19)16-26-17-29(24-13-9-22(10-14-24)21-5-3-2-4-6-21)36-32(35-26)30-28-15-25(33)18-34-31(28)38-37-30;1-17-18-6-9-20(10-7-18)25(17)14-24-15-27(22-11-8-19-4-2-3-5-21(19)12-22)34-30(33-24)28-26-13-23(31)16-32-29(26)36-35-28;1-17-19-8-10-20(11-9-19)24(17)15-23-14-22(12-7-18-5-3-2-4-6-18)31-28(32-23)26-25-13-21(29)16-30-27(25)34-33-26;1-12-13-2-4-14(5-3-13)18(12)9-17-10-20(15-6-7-15)27-23(26-17)21-19-8-16(24)11-25-22(19)29-28-21/h2-6,9-10,13-15,17-20,23,27H,7-8,11-12,16H2,1H3,(H,34,37,38);2-5,8,11-13,15-18,20,25H,6-7,9-10,14H2,1H3,(H,32,35,36);2-6,13-14,16-17,19-20,24H,8-11,15H2,1H3,(H,30,33,34);8,10-15,18H,2-7,9H2,1H3,(H,25,28,29). The van der Waals surface area contributed by atoms with Crippen LogP contribution < -0.4 is 0 Å². The molecule has 12 heterocycles. The van der Waals surface area contributed by atoms with E-state index in [0.29, 0.717) is 83.8 Å². The first kappa shape index (κ1) is 88.8. The van der Waals surface area contributed by atoms with Crippen LogP contribution in [0.3, 0.4) is 0 Å². The van der Waals surface area contributed by atoms with Crippen molar-refractivity contribution in [1.82, 2.24) is 101 Å². The van der Waals surface area contributed by atoms with Gasteiger partial charge in [0.25, 0.3) is 0 Å². The fourth-order valence-electron chi connectivity index (χ4n) is 25.4. The Balaban J connectivity index is 0.000000103. The molecule has 30 rings (SSSR count). The number of aromatic nitrogens is 20. The number of hydrogen-bond donors (Lipinski definition) is 4. The molecule has 0 amide bonds. The number of aromatic amines is 4. The summed E-state index contributed by atoms with van der Waals surface area (Å²) < 4.78 is 0. The summed E-state index contributed by atoms with van der Waals surface area (Å²) in [6.45, 7) is 9.83. The average molecular weight is 1890 g/mol. The molecule has 690 valence electrons. The lowest BCUT2D eigenvalue weighted by atomic mass is 9.58. The Morgan fingerprint density at radius 3 is 1.01 bits per heavy atom. The Labute approximate surface area is 817 Å². The second-order valence-corrected chi connectivity index (χ2v) is 42.6. The third-order valence-electron chi connectivity index (χ3n) is 33.1. The molecule has 0 radical (unpaired) electrons. The summed E-state index contributed by atoms with van der Waals surface area (Å²) in [5.41, 5.74) is 19.3. The van der Waals surface area contributed by atoms with Gasteiger partial charge in [0.15, 0.2) is 45.9 Å². The maximum atomic E-state index is 6.29. The Morgan fingerprint density at radius 1 is 0.285 bits per heavy atom. The molecule has 0 aliphatic heterocycles. The quantitative estimate of drug-likeness (QED) is 0.0655. The van der Waals surface area contributed by atoms with Gasteiger partial charge in [0.05, 0.1) is 53.0 Å². The molecular weight excluding hydrogens is 1780 g/mol. The summed E-state index contributed by atoms with van der Waals surface area (Å²) in [5.74, 6) is 22.3. The third kappa shape index (κ3) is 18.7. The van der Waals surface area contributed by atoms with Crippen molar-refractivity contribution in [3.8, 4) is 91.6 Å². The highest BCUT2D eigenvalue weighted by atomic mass is 35.5. The molecule has 8 unspecified atom stereocenters. The summed E-state index contributed by atoms with van der Waals surface area (Å²) in [6, 6.07) is 60.4. The van der Waals surface area contributed by atoms with E-state index < -0.39 is 0 Å². The third-order valence-corrected chi connectivity index (χ3v) is 33.9. The summed E-state index contributed by atoms with van der Waals surface area (Å²) in [4.78, 5) is 57.4. The summed E-state index contributed by atoms with van der Waals surface area (Å²) >= 11 is 25.0. The van der Waals surface area contributed by atoms with E-state index in [1.165, 1.54) is 149 Å². The second-order valence-electron chi connectivity index (χ2n) is 40.8. The number of halogens is 4. The zero-order valence-corrected chi connectivity index (χ0v) is 80.6. The Morgan fingerprint density at radius 2 is 0.613 bits per heavy atom. The molecule has 13 fully saturated rings. The topological polar surface area (TPSA) is 269 Å². The molecule has 12 aromatic heterocycles. The summed E-state index contributed by atoms with van der Waals surface area (Å²) in [7, 11) is 0. The molecule has 5 aromatic carbocycles. The normalized spacial score (nSPS) is 24.4. The molecule has 8 bridgehead atoms. The van der Waals surface area contributed by atoms with Gasteiger partial charge in [-0.15, -0.1) is 0 Å². The first-order valence-electron chi connectivity index (χ1n) is 49.8. The Hall–Kier alpha value is -12.1. The molecule has 0 spiro atoms. The fourth-order valence-corrected chi connectivity index (χ4v) is 26.0. The van der Waals surface area contributed by atoms with Gasteiger partial charge >= 0.3 is 0 Å². The summed E-state index contributed by atoms with van der Waals surface area (Å²) in [6.07, 6.45) is 35.1. The lowest BCUT2D eigenvalue weighted by Crippen LogP contribution is -2.39. The Kier molecular flexibility index (Phi) is 24.9. The smallest absolute Gasteiger partial charge is 0.181 e. The highest BCUT2D eigenvalue weighted by molar-refractivity contribution is 6.32. The van der Waals surface area contributed by atoms with Crippen molar-refractivity contribution in [3.63, 3.8) is 0 Å². The van der Waals surface area contributed by atoms with E-state index in [9.17, 15) is 0 Å². The van der Waals surface area contributed by atoms with Crippen LogP contribution in [0.15, 0.2) is 201 Å². The molecule has 0 saturated heterocycles. The summed E-state index contributed by atoms with van der Waals surface area (Å²) in [5, 5.41) is 38.1. The zero-order valence-electron chi connectivity index (χ0n) is 77.6. The van der Waals surface area contributed by atoms with Crippen LogP contribution in [0.1, 0.15) is 189 Å². The minimum atomic E-state index is 0.558. The van der Waals surface area contributed by atoms with E-state index in [2.05, 4.69) is 216 Å². The van der Waals surface area contributed by atoms with E-state index in [1.54, 1.807) is 24.8 Å². The van der Waals surface area contributed by atoms with Crippen LogP contribution in [-0.4, -0.2) is 101 Å². The number of hydrogen-bond acceptors (Lipinski definition) is 16. The van der Waals surface area contributed by atoms with Gasteiger partial charge in [-0.3, -0.25) is 20.4 Å². The van der Waals surface area contributed by atoms with Gasteiger partial charge in [-0.05, 0) is 330 Å². The van der Waals surface area contributed by atoms with E-state index in [1.807, 2.05) is 60.7 Å². The van der Waals surface area contributed by atoms with Gasteiger partial charge in [0.2, 0.25) is 0 Å². The largest absolute Gasteiger partial charge is 0.272 e. The van der Waals surface area contributed by atoms with Gasteiger partial charge in [-0.25, -0.2) is 59.8 Å². The zero-order chi connectivity index (χ0) is 92.5. The average Bonchev–Trinajstić information content (AvgIpc) is 1.72. The van der Waals surface area contributed by atoms with E-state index in [4.69, 9.17) is 86.3 Å². The second kappa shape index (κ2) is 38.3. The number of fused-ring (bicyclic) bond motifs is 17. The Bertz CT molecular complexity index is 7350. The van der Waals surface area contributed by atoms with Gasteiger partial charge in [0.1, 0.15) is 28.5 Å². The monoisotopic (exact) mass is 1890 g/mol. The van der Waals surface area contributed by atoms with Crippen molar-refractivity contribution in [2.24, 2.45) is 94.7 Å². The van der Waals surface area contributed by atoms with Crippen LogP contribution in [0, 0.1) is 107 Å². The number of rotatable bonds is 16. The van der Waals surface area contributed by atoms with Crippen molar-refractivity contribution < 1.29 is 0 Å². The van der Waals surface area contributed by atoms with Gasteiger partial charge in [-0.2, -0.15) is 20.4 Å². The van der Waals surface area contributed by atoms with Crippen molar-refractivity contribution in [2.75, 3.05) is 0 Å². The molecule has 13 saturated carbocycles. The molecule has 8 atom stereocenters. The number of nitrogens with one attached hydrogen (secondary N) is 4. The van der Waals surface area contributed by atoms with Crippen LogP contribution in [0.5, 0.6) is 0 Å². The number of nitrogens with zero attached hydrogens (tertiary/aromatic N) is 16. The van der Waals surface area contributed by atoms with Gasteiger partial charge in [-0.1, -0.05) is 189 Å². The molecule has 137 heavy (non-hydrogen) atoms. The van der Waals surface area contributed by atoms with Crippen molar-refractivity contribution in [2.45, 2.75) is 175 Å². The molecule has 24 heteroatoms. The predicted octanol–water partition coefficient (Wildman–Crippen LogP) is 27.2. The van der Waals surface area contributed by atoms with Crippen LogP contribution >= 0.6 is 46.4 Å². The predicted molar refractivity (Wildman–Crippen MR) is 545 cm³/mol. The molecular formula is C113H110Cl4N20. The first-order chi connectivity index (χ1) is 67.0. The SMILES string of the molecule is CC1C2CCC(CC2)C1Cc1cc(-c2ccc(-c3ccccc3)cc2)nc(-c2[nH]nc3ncc(Cl)cc23)n1.CC1C2CCC(CC2)C1Cc1cc(-c2ccc3ccccc3c2)nc(-c2[nH]nc3ncc(Cl)cc23)n1.CC1C2CCC(CC2)C1Cc1cc(C#Cc2ccccc2)nc(-c2[nH]nc3ncc(Cl)cc23)n1.CC1C2CCC(CC2)C1Cc1cc(C2CC2)nc(-c2[nH]nc3ncc(Cl)cc23)n1. The van der Waals surface area contributed by atoms with Crippen molar-refractivity contribution in [1.29, 1.82) is 0 Å². The van der Waals surface area contributed by atoms with Gasteiger partial charge < -0.3 is 0 Å². The number of H-pyrrole nitrogens is 4. The molecule has 20 nitrogen and oxygen atoms in total. The van der Waals surface area contributed by atoms with Gasteiger partial charge in [0, 0.05) is 75.9 Å². The molecule has 17 aromatic rings. The minimum Gasteiger partial charge on any atom is -0.272 e. The lowest BCUT2D eigenvalue weighted by Gasteiger charge is -2.47. The van der Waals surface area contributed by atoms with E-state index >= 15 is 0 Å². The number of pyridine rings is 4. The highest BCUT2D eigenvalue weighted by Gasteiger charge is 2.46. The van der Waals surface area contributed by atoms with Crippen LogP contribution in [-0.2, 0) is 25.7 Å². The van der Waals surface area contributed by atoms with E-state index in [-0.39, 0.29) is 0 Å². The molecule has 13 aliphatic rings. The van der Waals surface area contributed by atoms with Crippen molar-refractivity contribution >= 4 is 101 Å². The lowest BCUT2D eigenvalue weighted by molar-refractivity contribution is 0.0339. The van der Waals surface area contributed by atoms with Crippen molar-refractivity contribution in [3.05, 3.63) is 261 Å². The van der Waals surface area contributed by atoms with Crippen LogP contribution in [0.25, 0.3) is 135 Å². The van der Waals surface area contributed by atoms with E-state index in [0.717, 1.165) is 204 Å². The molecule has 13 aliphatic carbocycles. The first-order valence-corrected chi connectivity index (χ1v) is 51.3. The fraction of sp³-hybridized carbons (Fsp3) is 0.381. The maximum Gasteiger partial charge on any atom is 0.181 e. The number of benzene rings is 5. The minimum absolute atomic E-state index is 0.558. The molecule has 4 N–H and O–H groups in total. The van der Waals surface area contributed by atoms with Crippen LogP contribution in [0.4, 0.5) is 0 Å². The van der Waals surface area contributed by atoms with Crippen LogP contribution in [0.2, 0.25) is 20.1 Å². The maximum absolute atomic E-state index is 6.29.